The summed E-state index contributed by atoms with van der Waals surface area (Å²) in [6.07, 6.45) is 3.54. The number of carbonyl (C=O) groups excluding carboxylic acids is 5. The lowest BCUT2D eigenvalue weighted by atomic mass is 10.0. The normalized spacial score (nSPS) is 35.8. The first-order valence-electron chi connectivity index (χ1n) is 12.3. The second-order valence-electron chi connectivity index (χ2n) is 9.49. The SMILES string of the molecule is C/C=C1\NC(=O)[C@H]2C[S+]([O-])[SH]3(=O)SCC/C=C/[C@H](CC(=O)N[C@@H](C(=O)N2)C3C)OC(=O)[C@H](C(C)C)NC1=O. The Balaban J connectivity index is 2.14. The molecule has 15 heteroatoms. The molecule has 0 saturated carbocycles. The van der Waals surface area contributed by atoms with Gasteiger partial charge in [0.15, 0.2) is 6.04 Å². The molecule has 0 spiro atoms. The number of hydrogen-bond donors (Lipinski definition) is 5. The highest BCUT2D eigenvalue weighted by Gasteiger charge is 2.48. The summed E-state index contributed by atoms with van der Waals surface area (Å²) in [6, 6.07) is -3.84. The smallest absolute Gasteiger partial charge is 0.329 e. The number of carbonyl (C=O) groups is 5. The van der Waals surface area contributed by atoms with Crippen molar-refractivity contribution in [3.8, 4) is 0 Å². The maximum Gasteiger partial charge on any atom is 0.329 e. The fourth-order valence-corrected chi connectivity index (χ4v) is 14.0. The van der Waals surface area contributed by atoms with Gasteiger partial charge in [-0.3, -0.25) is 19.2 Å². The van der Waals surface area contributed by atoms with Crippen LogP contribution in [0, 0.1) is 5.92 Å². The van der Waals surface area contributed by atoms with E-state index in [1.54, 1.807) is 19.9 Å². The van der Waals surface area contributed by atoms with E-state index in [1.165, 1.54) is 26.0 Å². The maximum absolute atomic E-state index is 14.1. The van der Waals surface area contributed by atoms with Crippen LogP contribution < -0.4 is 21.3 Å². The van der Waals surface area contributed by atoms with Gasteiger partial charge >= 0.3 is 5.97 Å². The van der Waals surface area contributed by atoms with Crippen LogP contribution in [-0.2, 0) is 46.9 Å². The quantitative estimate of drug-likeness (QED) is 0.0647. The van der Waals surface area contributed by atoms with Gasteiger partial charge in [0.1, 0.15) is 29.6 Å². The third-order valence-electron chi connectivity index (χ3n) is 6.37. The van der Waals surface area contributed by atoms with Crippen LogP contribution in [0.15, 0.2) is 23.9 Å². The van der Waals surface area contributed by atoms with Gasteiger partial charge in [-0.1, -0.05) is 26.0 Å². The van der Waals surface area contributed by atoms with Gasteiger partial charge in [-0.25, -0.2) is 9.00 Å². The van der Waals surface area contributed by atoms with E-state index in [-0.39, 0.29) is 23.8 Å². The van der Waals surface area contributed by atoms with E-state index in [0.717, 1.165) is 10.8 Å². The lowest BCUT2D eigenvalue weighted by Gasteiger charge is -2.39. The molecular formula is C23H34N4O8S3. The Morgan fingerprint density at radius 2 is 1.87 bits per heavy atom. The molecular weight excluding hydrogens is 556 g/mol. The van der Waals surface area contributed by atoms with Gasteiger partial charge < -0.3 is 30.6 Å². The van der Waals surface area contributed by atoms with E-state index in [4.69, 9.17) is 4.74 Å². The fraction of sp³-hybridized carbons (Fsp3) is 0.609. The number of fused-ring (bicyclic) bond motifs is 6. The fourth-order valence-electron chi connectivity index (χ4n) is 4.12. The van der Waals surface area contributed by atoms with Crippen molar-refractivity contribution in [1.29, 1.82) is 0 Å². The van der Waals surface area contributed by atoms with Crippen molar-refractivity contribution in [3.05, 3.63) is 23.9 Å². The van der Waals surface area contributed by atoms with Crippen molar-refractivity contribution in [2.45, 2.75) is 70.0 Å². The van der Waals surface area contributed by atoms with Crippen molar-refractivity contribution in [1.82, 2.24) is 21.3 Å². The second kappa shape index (κ2) is 12.7. The lowest BCUT2D eigenvalue weighted by molar-refractivity contribution is -0.153. The van der Waals surface area contributed by atoms with Crippen molar-refractivity contribution in [2.75, 3.05) is 11.5 Å². The van der Waals surface area contributed by atoms with Gasteiger partial charge in [0.05, 0.1) is 19.7 Å². The molecule has 0 radical (unpaired) electrons. The van der Waals surface area contributed by atoms with Gasteiger partial charge in [-0.15, -0.1) is 0 Å². The summed E-state index contributed by atoms with van der Waals surface area (Å²) >= 11 is 0. The molecule has 0 aromatic heterocycles. The van der Waals surface area contributed by atoms with E-state index in [1.807, 2.05) is 0 Å². The van der Waals surface area contributed by atoms with Crippen LogP contribution in [0.4, 0.5) is 0 Å². The molecule has 4 N–H and O–H groups in total. The molecule has 3 aliphatic heterocycles. The molecule has 212 valence electrons. The van der Waals surface area contributed by atoms with E-state index in [2.05, 4.69) is 21.3 Å². The molecule has 2 unspecified atom stereocenters. The Hall–Kier alpha value is -2.36. The Morgan fingerprint density at radius 1 is 1.16 bits per heavy atom. The van der Waals surface area contributed by atoms with Crippen molar-refractivity contribution in [2.24, 2.45) is 5.92 Å². The van der Waals surface area contributed by atoms with Crippen LogP contribution in [0.5, 0.6) is 0 Å². The number of amides is 4. The average molecular weight is 591 g/mol. The number of ether oxygens (including phenoxy) is 1. The van der Waals surface area contributed by atoms with Crippen molar-refractivity contribution in [3.63, 3.8) is 0 Å². The number of rotatable bonds is 1. The second-order valence-corrected chi connectivity index (χ2v) is 19.0. The molecule has 12 nitrogen and oxygen atoms in total. The van der Waals surface area contributed by atoms with Crippen LogP contribution in [0.1, 0.15) is 40.5 Å². The number of thiol groups is 1. The molecule has 0 aliphatic carbocycles. The topological polar surface area (TPSA) is 183 Å². The average Bonchev–Trinajstić information content (AvgIpc) is 2.85. The maximum atomic E-state index is 14.1. The third kappa shape index (κ3) is 6.79. The van der Waals surface area contributed by atoms with E-state index in [0.29, 0.717) is 6.42 Å². The molecule has 4 bridgehead atoms. The lowest BCUT2D eigenvalue weighted by Crippen LogP contribution is -2.64. The predicted molar refractivity (Wildman–Crippen MR) is 145 cm³/mol. The molecule has 3 heterocycles. The number of hydrogen-bond acceptors (Lipinski definition) is 9. The van der Waals surface area contributed by atoms with E-state index < -0.39 is 83.0 Å². The number of esters is 1. The van der Waals surface area contributed by atoms with Gasteiger partial charge in [0.25, 0.3) is 11.8 Å². The first-order valence-corrected chi connectivity index (χ1v) is 17.5. The molecule has 3 rings (SSSR count). The molecule has 0 aromatic rings. The third-order valence-corrected chi connectivity index (χ3v) is 17.8. The largest absolute Gasteiger partial charge is 0.604 e. The minimum atomic E-state index is -3.70. The zero-order valence-electron chi connectivity index (χ0n) is 21.6. The Kier molecular flexibility index (Phi) is 10.1. The summed E-state index contributed by atoms with van der Waals surface area (Å²) in [7, 11) is -4.79. The highest BCUT2D eigenvalue weighted by molar-refractivity contribution is 9.06. The standard InChI is InChI=1S/C23H34N4O8S3/c1-5-15-20(29)27-18(12(2)3)23(32)35-14-8-6-7-9-36-38(34)13(4)19(26-17(28)10-14)22(31)25-16(11-37(38)33)21(30)24-15/h5-6,8,12-14,16,18-19,38H,7,9-11H2,1-4H3,(H,24,30)(H,25,31)(H,26,28)(H,27,29)/b8-6+,15-5-/t13?,14-,16-,18+,19-,37?/m1/s1. The first kappa shape index (κ1) is 30.2. The summed E-state index contributed by atoms with van der Waals surface area (Å²) in [4.78, 5) is 65.5. The minimum absolute atomic E-state index is 0.198. The summed E-state index contributed by atoms with van der Waals surface area (Å²) in [5, 5.41) is 9.01. The highest BCUT2D eigenvalue weighted by atomic mass is 33.6. The van der Waals surface area contributed by atoms with E-state index >= 15 is 0 Å². The van der Waals surface area contributed by atoms with Crippen LogP contribution in [0.25, 0.3) is 0 Å². The minimum Gasteiger partial charge on any atom is -0.604 e. The monoisotopic (exact) mass is 590 g/mol. The Labute approximate surface area is 228 Å². The first-order chi connectivity index (χ1) is 17.9. The van der Waals surface area contributed by atoms with Gasteiger partial charge in [0.2, 0.25) is 11.8 Å². The van der Waals surface area contributed by atoms with Crippen molar-refractivity contribution >= 4 is 58.6 Å². The molecule has 38 heavy (non-hydrogen) atoms. The molecule has 2 saturated heterocycles. The van der Waals surface area contributed by atoms with Gasteiger partial charge in [-0.05, 0) is 43.1 Å². The van der Waals surface area contributed by atoms with Gasteiger partial charge in [-0.2, -0.15) is 0 Å². The van der Waals surface area contributed by atoms with Crippen LogP contribution >= 0.6 is 10.8 Å². The predicted octanol–water partition coefficient (Wildman–Crippen LogP) is -0.877. The summed E-state index contributed by atoms with van der Waals surface area (Å²) < 4.78 is 33.1. The van der Waals surface area contributed by atoms with Crippen LogP contribution in [0.2, 0.25) is 0 Å². The van der Waals surface area contributed by atoms with Crippen molar-refractivity contribution < 1.29 is 37.5 Å². The summed E-state index contributed by atoms with van der Waals surface area (Å²) in [5.41, 5.74) is -0.198. The summed E-state index contributed by atoms with van der Waals surface area (Å²) in [5.74, 6) is -4.39. The van der Waals surface area contributed by atoms with Crippen LogP contribution in [0.3, 0.4) is 0 Å². The highest BCUT2D eigenvalue weighted by Crippen LogP contribution is 2.38. The Bertz CT molecular complexity index is 1090. The zero-order chi connectivity index (χ0) is 28.2. The number of allylic oxidation sites excluding steroid dienone is 2. The molecule has 0 aromatic carbocycles. The Morgan fingerprint density at radius 3 is 2.53 bits per heavy atom. The van der Waals surface area contributed by atoms with Gasteiger partial charge in [0, 0.05) is 16.0 Å². The van der Waals surface area contributed by atoms with Crippen LogP contribution in [-0.4, -0.2) is 79.3 Å². The molecule has 4 amide bonds. The van der Waals surface area contributed by atoms with E-state index in [9.17, 15) is 32.7 Å². The zero-order valence-corrected chi connectivity index (χ0v) is 24.1. The molecule has 6 atom stereocenters. The summed E-state index contributed by atoms with van der Waals surface area (Å²) in [6.45, 7) is 6.40. The molecule has 3 aliphatic rings. The number of nitrogens with one attached hydrogen (secondary N) is 4. The molecule has 2 fully saturated rings.